The van der Waals surface area contributed by atoms with Crippen molar-refractivity contribution in [1.29, 1.82) is 0 Å². The molecule has 2 heteroatoms. The number of hydrogen-bond acceptors (Lipinski definition) is 2. The van der Waals surface area contributed by atoms with Gasteiger partial charge in [-0.2, -0.15) is 0 Å². The van der Waals surface area contributed by atoms with Gasteiger partial charge in [-0.3, -0.25) is 4.99 Å². The van der Waals surface area contributed by atoms with Gasteiger partial charge >= 0.3 is 0 Å². The molecule has 2 unspecified atom stereocenters. The monoisotopic (exact) mass is 215 g/mol. The summed E-state index contributed by atoms with van der Waals surface area (Å²) < 4.78 is 0. The SMILES string of the molecule is C=CC1N=Cc2cc(C)ccc2C1CCO. The summed E-state index contributed by atoms with van der Waals surface area (Å²) >= 11 is 0. The summed E-state index contributed by atoms with van der Waals surface area (Å²) in [6.45, 7) is 6.08. The number of aryl methyl sites for hydroxylation is 1. The average Bonchev–Trinajstić information content (AvgIpc) is 2.29. The third-order valence-electron chi connectivity index (χ3n) is 3.12. The molecule has 2 nitrogen and oxygen atoms in total. The molecular formula is C14H17NO. The van der Waals surface area contributed by atoms with Gasteiger partial charge in [0.15, 0.2) is 0 Å². The highest BCUT2D eigenvalue weighted by Crippen LogP contribution is 2.32. The molecule has 0 spiro atoms. The minimum absolute atomic E-state index is 0.0994. The summed E-state index contributed by atoms with van der Waals surface area (Å²) in [5.74, 6) is 0.267. The smallest absolute Gasteiger partial charge is 0.0747 e. The first-order valence-corrected chi connectivity index (χ1v) is 5.63. The Labute approximate surface area is 96.3 Å². The van der Waals surface area contributed by atoms with Gasteiger partial charge in [0.2, 0.25) is 0 Å². The molecule has 0 aliphatic carbocycles. The molecule has 1 N–H and O–H groups in total. The maximum absolute atomic E-state index is 9.13. The Morgan fingerprint density at radius 2 is 2.31 bits per heavy atom. The Morgan fingerprint density at radius 1 is 1.50 bits per heavy atom. The molecule has 1 aliphatic rings. The van der Waals surface area contributed by atoms with Gasteiger partial charge in [0.05, 0.1) is 6.04 Å². The molecule has 0 saturated heterocycles. The normalized spacial score (nSPS) is 22.9. The molecule has 0 aromatic heterocycles. The van der Waals surface area contributed by atoms with Crippen molar-refractivity contribution in [3.8, 4) is 0 Å². The number of nitrogens with zero attached hydrogens (tertiary/aromatic N) is 1. The lowest BCUT2D eigenvalue weighted by atomic mass is 9.83. The van der Waals surface area contributed by atoms with E-state index < -0.39 is 0 Å². The Balaban J connectivity index is 2.43. The predicted molar refractivity (Wildman–Crippen MR) is 67.2 cm³/mol. The third kappa shape index (κ3) is 1.93. The second-order valence-electron chi connectivity index (χ2n) is 4.26. The summed E-state index contributed by atoms with van der Waals surface area (Å²) in [5, 5.41) is 9.13. The molecule has 16 heavy (non-hydrogen) atoms. The molecule has 1 aromatic rings. The second kappa shape index (κ2) is 4.62. The molecule has 0 radical (unpaired) electrons. The average molecular weight is 215 g/mol. The maximum atomic E-state index is 9.13. The topological polar surface area (TPSA) is 32.6 Å². The molecule has 0 saturated carbocycles. The van der Waals surface area contributed by atoms with Crippen LogP contribution < -0.4 is 0 Å². The fraction of sp³-hybridized carbons (Fsp3) is 0.357. The van der Waals surface area contributed by atoms with Crippen LogP contribution in [0.15, 0.2) is 35.8 Å². The van der Waals surface area contributed by atoms with Crippen LogP contribution in [0.4, 0.5) is 0 Å². The van der Waals surface area contributed by atoms with Crippen LogP contribution in [0.25, 0.3) is 0 Å². The lowest BCUT2D eigenvalue weighted by molar-refractivity contribution is 0.271. The zero-order valence-electron chi connectivity index (χ0n) is 9.56. The number of hydrogen-bond donors (Lipinski definition) is 1. The van der Waals surface area contributed by atoms with Gasteiger partial charge in [-0.15, -0.1) is 6.58 Å². The second-order valence-corrected chi connectivity index (χ2v) is 4.26. The van der Waals surface area contributed by atoms with E-state index in [9.17, 15) is 0 Å². The Kier molecular flexibility index (Phi) is 3.20. The third-order valence-corrected chi connectivity index (χ3v) is 3.12. The van der Waals surface area contributed by atoms with E-state index in [0.29, 0.717) is 0 Å². The zero-order valence-corrected chi connectivity index (χ0v) is 9.56. The van der Waals surface area contributed by atoms with Crippen LogP contribution in [0.5, 0.6) is 0 Å². The molecule has 1 heterocycles. The van der Waals surface area contributed by atoms with E-state index in [1.54, 1.807) is 0 Å². The van der Waals surface area contributed by atoms with E-state index in [0.717, 1.165) is 6.42 Å². The van der Waals surface area contributed by atoms with Gasteiger partial charge in [0.25, 0.3) is 0 Å². The fourth-order valence-electron chi connectivity index (χ4n) is 2.29. The minimum Gasteiger partial charge on any atom is -0.396 e. The Morgan fingerprint density at radius 3 is 3.00 bits per heavy atom. The van der Waals surface area contributed by atoms with Crippen molar-refractivity contribution >= 4 is 6.21 Å². The lowest BCUT2D eigenvalue weighted by Crippen LogP contribution is -2.21. The van der Waals surface area contributed by atoms with Crippen molar-refractivity contribution in [2.45, 2.75) is 25.3 Å². The number of fused-ring (bicyclic) bond motifs is 1. The summed E-state index contributed by atoms with van der Waals surface area (Å²) in [5.41, 5.74) is 3.70. The quantitative estimate of drug-likeness (QED) is 0.772. The first-order valence-electron chi connectivity index (χ1n) is 5.63. The molecule has 2 atom stereocenters. The van der Waals surface area contributed by atoms with Crippen LogP contribution in [0, 0.1) is 6.92 Å². The summed E-state index contributed by atoms with van der Waals surface area (Å²) in [6, 6.07) is 6.50. The fourth-order valence-corrected chi connectivity index (χ4v) is 2.29. The number of benzene rings is 1. The van der Waals surface area contributed by atoms with E-state index in [-0.39, 0.29) is 18.6 Å². The van der Waals surface area contributed by atoms with Gasteiger partial charge in [-0.05, 0) is 24.5 Å². The Bertz CT molecular complexity index is 423. The molecule has 2 rings (SSSR count). The molecule has 0 amide bonds. The van der Waals surface area contributed by atoms with E-state index >= 15 is 0 Å². The molecule has 0 fully saturated rings. The summed E-state index contributed by atoms with van der Waals surface area (Å²) in [7, 11) is 0. The predicted octanol–water partition coefficient (Wildman–Crippen LogP) is 2.45. The standard InChI is InChI=1S/C14H17NO/c1-3-14-13(6-7-16)12-5-4-10(2)8-11(12)9-15-14/h3-5,8-9,13-14,16H,1,6-7H2,2H3. The van der Waals surface area contributed by atoms with Crippen LogP contribution in [0.3, 0.4) is 0 Å². The van der Waals surface area contributed by atoms with E-state index in [4.69, 9.17) is 5.11 Å². The van der Waals surface area contributed by atoms with Gasteiger partial charge in [0.1, 0.15) is 0 Å². The highest BCUT2D eigenvalue weighted by molar-refractivity contribution is 5.84. The first-order chi connectivity index (χ1) is 7.76. The van der Waals surface area contributed by atoms with Crippen molar-refractivity contribution < 1.29 is 5.11 Å². The van der Waals surface area contributed by atoms with Gasteiger partial charge in [-0.1, -0.05) is 29.8 Å². The summed E-state index contributed by atoms with van der Waals surface area (Å²) in [6.07, 6.45) is 4.52. The van der Waals surface area contributed by atoms with Gasteiger partial charge in [0, 0.05) is 18.7 Å². The van der Waals surface area contributed by atoms with Crippen molar-refractivity contribution in [1.82, 2.24) is 0 Å². The lowest BCUT2D eigenvalue weighted by Gasteiger charge is -2.27. The van der Waals surface area contributed by atoms with Crippen molar-refractivity contribution in [2.24, 2.45) is 4.99 Å². The molecular weight excluding hydrogens is 198 g/mol. The van der Waals surface area contributed by atoms with E-state index in [1.165, 1.54) is 16.7 Å². The van der Waals surface area contributed by atoms with Gasteiger partial charge in [-0.25, -0.2) is 0 Å². The molecule has 1 aliphatic heterocycles. The van der Waals surface area contributed by atoms with Gasteiger partial charge < -0.3 is 5.11 Å². The van der Waals surface area contributed by atoms with Crippen molar-refractivity contribution in [2.75, 3.05) is 6.61 Å². The van der Waals surface area contributed by atoms with Crippen LogP contribution in [-0.4, -0.2) is 24.0 Å². The molecule has 0 bridgehead atoms. The number of aliphatic hydroxyl groups excluding tert-OH is 1. The maximum Gasteiger partial charge on any atom is 0.0747 e. The number of aliphatic hydroxyl groups is 1. The van der Waals surface area contributed by atoms with Crippen LogP contribution in [0.2, 0.25) is 0 Å². The highest BCUT2D eigenvalue weighted by atomic mass is 16.3. The minimum atomic E-state index is 0.0994. The highest BCUT2D eigenvalue weighted by Gasteiger charge is 2.24. The number of rotatable bonds is 3. The zero-order chi connectivity index (χ0) is 11.5. The van der Waals surface area contributed by atoms with Crippen LogP contribution in [0.1, 0.15) is 29.0 Å². The van der Waals surface area contributed by atoms with E-state index in [1.807, 2.05) is 12.3 Å². The van der Waals surface area contributed by atoms with E-state index in [2.05, 4.69) is 36.7 Å². The summed E-state index contributed by atoms with van der Waals surface area (Å²) in [4.78, 5) is 4.48. The van der Waals surface area contributed by atoms with Crippen LogP contribution in [-0.2, 0) is 0 Å². The number of aliphatic imine (C=N–C) groups is 1. The molecule has 1 aromatic carbocycles. The molecule has 84 valence electrons. The van der Waals surface area contributed by atoms with Crippen LogP contribution >= 0.6 is 0 Å². The van der Waals surface area contributed by atoms with Crippen molar-refractivity contribution in [3.63, 3.8) is 0 Å². The largest absolute Gasteiger partial charge is 0.396 e. The van der Waals surface area contributed by atoms with Crippen molar-refractivity contribution in [3.05, 3.63) is 47.5 Å². The Hall–Kier alpha value is -1.41. The first kappa shape index (κ1) is 11.1.